The molecule has 0 atom stereocenters. The molecule has 2 fully saturated rings. The van der Waals surface area contributed by atoms with Crippen molar-refractivity contribution in [2.24, 2.45) is 0 Å². The number of nitrogens with two attached hydrogens (primary N) is 1. The molecule has 0 unspecified atom stereocenters. The highest BCUT2D eigenvalue weighted by atomic mass is 15.2. The summed E-state index contributed by atoms with van der Waals surface area (Å²) >= 11 is 0. The maximum atomic E-state index is 5.81. The lowest BCUT2D eigenvalue weighted by Gasteiger charge is -2.37. The van der Waals surface area contributed by atoms with Gasteiger partial charge in [0.25, 0.3) is 0 Å². The van der Waals surface area contributed by atoms with Crippen LogP contribution in [0.5, 0.6) is 0 Å². The Labute approximate surface area is 122 Å². The van der Waals surface area contributed by atoms with E-state index in [-0.39, 0.29) is 0 Å². The van der Waals surface area contributed by atoms with E-state index in [9.17, 15) is 0 Å². The Morgan fingerprint density at radius 3 is 2.35 bits per heavy atom. The second-order valence-electron chi connectivity index (χ2n) is 6.85. The van der Waals surface area contributed by atoms with Gasteiger partial charge in [0, 0.05) is 23.7 Å². The van der Waals surface area contributed by atoms with Gasteiger partial charge in [-0.2, -0.15) is 0 Å². The lowest BCUT2D eigenvalue weighted by atomic mass is 9.93. The topological polar surface area (TPSA) is 32.5 Å². The molecule has 1 heterocycles. The van der Waals surface area contributed by atoms with Gasteiger partial charge in [-0.05, 0) is 70.6 Å². The lowest BCUT2D eigenvalue weighted by molar-refractivity contribution is 0.135. The Kier molecular flexibility index (Phi) is 3.74. The van der Waals surface area contributed by atoms with E-state index < -0.39 is 0 Å². The predicted octanol–water partition coefficient (Wildman–Crippen LogP) is 2.33. The van der Waals surface area contributed by atoms with Gasteiger partial charge >= 0.3 is 0 Å². The number of anilines is 1. The molecule has 1 aliphatic carbocycles. The maximum Gasteiger partial charge on any atom is 0.0314 e. The number of hydrogen-bond acceptors (Lipinski definition) is 3. The molecule has 0 amide bonds. The Morgan fingerprint density at radius 1 is 1.20 bits per heavy atom. The molecule has 20 heavy (non-hydrogen) atoms. The van der Waals surface area contributed by atoms with E-state index in [1.54, 1.807) is 0 Å². The summed E-state index contributed by atoms with van der Waals surface area (Å²) in [4.78, 5) is 5.05. The third-order valence-electron chi connectivity index (χ3n) is 5.24. The third-order valence-corrected chi connectivity index (χ3v) is 5.24. The molecule has 1 saturated heterocycles. The monoisotopic (exact) mass is 273 g/mol. The van der Waals surface area contributed by atoms with E-state index in [2.05, 4.69) is 36.0 Å². The normalized spacial score (nSPS) is 23.1. The molecule has 1 aromatic rings. The van der Waals surface area contributed by atoms with Crippen LogP contribution in [0.4, 0.5) is 5.69 Å². The van der Waals surface area contributed by atoms with Gasteiger partial charge in [0.15, 0.2) is 0 Å². The van der Waals surface area contributed by atoms with Crippen LogP contribution in [0.3, 0.4) is 0 Å². The van der Waals surface area contributed by atoms with Crippen molar-refractivity contribution >= 4 is 5.69 Å². The highest BCUT2D eigenvalue weighted by molar-refractivity contribution is 5.43. The van der Waals surface area contributed by atoms with Crippen LogP contribution in [0.2, 0.25) is 0 Å². The van der Waals surface area contributed by atoms with E-state index in [0.29, 0.717) is 5.41 Å². The summed E-state index contributed by atoms with van der Waals surface area (Å²) < 4.78 is 0. The Balaban J connectivity index is 1.63. The van der Waals surface area contributed by atoms with Crippen LogP contribution in [-0.2, 0) is 5.41 Å². The van der Waals surface area contributed by atoms with Gasteiger partial charge in [0.2, 0.25) is 0 Å². The molecule has 1 aromatic carbocycles. The maximum absolute atomic E-state index is 5.81. The minimum Gasteiger partial charge on any atom is -0.399 e. The highest BCUT2D eigenvalue weighted by Gasteiger charge is 2.45. The lowest BCUT2D eigenvalue weighted by Crippen LogP contribution is -2.44. The van der Waals surface area contributed by atoms with E-state index in [1.807, 2.05) is 12.1 Å². The van der Waals surface area contributed by atoms with E-state index in [0.717, 1.165) is 11.7 Å². The zero-order chi connectivity index (χ0) is 14.2. The van der Waals surface area contributed by atoms with Crippen molar-refractivity contribution in [3.8, 4) is 0 Å². The summed E-state index contributed by atoms with van der Waals surface area (Å²) in [5.74, 6) is 0. The second-order valence-corrected chi connectivity index (χ2v) is 6.85. The van der Waals surface area contributed by atoms with E-state index in [1.165, 1.54) is 50.9 Å². The van der Waals surface area contributed by atoms with Crippen molar-refractivity contribution in [1.29, 1.82) is 0 Å². The van der Waals surface area contributed by atoms with Gasteiger partial charge in [0.05, 0.1) is 0 Å². The fourth-order valence-electron chi connectivity index (χ4n) is 3.57. The molecular weight excluding hydrogens is 246 g/mol. The molecule has 1 saturated carbocycles. The van der Waals surface area contributed by atoms with Crippen molar-refractivity contribution in [3.05, 3.63) is 29.8 Å². The minimum atomic E-state index is 0.409. The number of piperidine rings is 1. The molecule has 0 bridgehead atoms. The van der Waals surface area contributed by atoms with Crippen LogP contribution in [0.15, 0.2) is 24.3 Å². The van der Waals surface area contributed by atoms with E-state index in [4.69, 9.17) is 5.73 Å². The molecule has 0 aromatic heterocycles. The fraction of sp³-hybridized carbons (Fsp3) is 0.647. The largest absolute Gasteiger partial charge is 0.399 e. The Morgan fingerprint density at radius 2 is 1.80 bits per heavy atom. The van der Waals surface area contributed by atoms with Gasteiger partial charge < -0.3 is 15.5 Å². The van der Waals surface area contributed by atoms with Crippen LogP contribution < -0.4 is 5.73 Å². The zero-order valence-corrected chi connectivity index (χ0v) is 12.8. The molecule has 3 nitrogen and oxygen atoms in total. The molecule has 0 spiro atoms. The van der Waals surface area contributed by atoms with E-state index >= 15 is 0 Å². The van der Waals surface area contributed by atoms with Crippen LogP contribution in [0.1, 0.15) is 31.2 Å². The third kappa shape index (κ3) is 2.84. The quantitative estimate of drug-likeness (QED) is 0.855. The summed E-state index contributed by atoms with van der Waals surface area (Å²) in [6.45, 7) is 3.68. The smallest absolute Gasteiger partial charge is 0.0314 e. The van der Waals surface area contributed by atoms with Gasteiger partial charge in [-0.3, -0.25) is 0 Å². The minimum absolute atomic E-state index is 0.409. The number of likely N-dealkylation sites (N-methyl/N-ethyl adjacent to an activating group) is 1. The number of nitrogens with zero attached hydrogens (tertiary/aromatic N) is 2. The van der Waals surface area contributed by atoms with Gasteiger partial charge in [0.1, 0.15) is 0 Å². The fourth-order valence-corrected chi connectivity index (χ4v) is 3.57. The SMILES string of the molecule is CN1CCC(N(C)CC2(c3ccc(N)cc3)CC2)CC1. The van der Waals surface area contributed by atoms with Gasteiger partial charge in [-0.25, -0.2) is 0 Å². The summed E-state index contributed by atoms with van der Waals surface area (Å²) in [6, 6.07) is 9.31. The van der Waals surface area contributed by atoms with Crippen LogP contribution in [0, 0.1) is 0 Å². The number of hydrogen-bond donors (Lipinski definition) is 1. The average Bonchev–Trinajstić information content (AvgIpc) is 3.21. The van der Waals surface area contributed by atoms with Crippen molar-refractivity contribution in [3.63, 3.8) is 0 Å². The van der Waals surface area contributed by atoms with Crippen molar-refractivity contribution in [2.75, 3.05) is 39.5 Å². The second kappa shape index (κ2) is 5.38. The van der Waals surface area contributed by atoms with Crippen molar-refractivity contribution < 1.29 is 0 Å². The highest BCUT2D eigenvalue weighted by Crippen LogP contribution is 2.49. The van der Waals surface area contributed by atoms with Crippen LogP contribution >= 0.6 is 0 Å². The molecule has 3 rings (SSSR count). The number of nitrogen functional groups attached to an aromatic ring is 1. The molecule has 0 radical (unpaired) electrons. The Bertz CT molecular complexity index is 442. The van der Waals surface area contributed by atoms with Crippen LogP contribution in [-0.4, -0.2) is 49.6 Å². The summed E-state index contributed by atoms with van der Waals surface area (Å²) in [5, 5.41) is 0. The number of benzene rings is 1. The van der Waals surface area contributed by atoms with Crippen LogP contribution in [0.25, 0.3) is 0 Å². The van der Waals surface area contributed by atoms with Gasteiger partial charge in [-0.1, -0.05) is 12.1 Å². The Hall–Kier alpha value is -1.06. The van der Waals surface area contributed by atoms with Crippen molar-refractivity contribution in [1.82, 2.24) is 9.80 Å². The summed E-state index contributed by atoms with van der Waals surface area (Å²) in [7, 11) is 4.54. The molecule has 110 valence electrons. The summed E-state index contributed by atoms with van der Waals surface area (Å²) in [5.41, 5.74) is 8.56. The first kappa shape index (κ1) is 13.9. The molecule has 2 N–H and O–H groups in total. The van der Waals surface area contributed by atoms with Crippen molar-refractivity contribution in [2.45, 2.75) is 37.1 Å². The van der Waals surface area contributed by atoms with Gasteiger partial charge in [-0.15, -0.1) is 0 Å². The number of likely N-dealkylation sites (tertiary alicyclic amines) is 1. The number of rotatable bonds is 4. The first-order valence-electron chi connectivity index (χ1n) is 7.84. The summed E-state index contributed by atoms with van der Waals surface area (Å²) in [6.07, 6.45) is 5.28. The first-order chi connectivity index (χ1) is 9.59. The average molecular weight is 273 g/mol. The molecule has 2 aliphatic rings. The molecule has 1 aliphatic heterocycles. The zero-order valence-electron chi connectivity index (χ0n) is 12.8. The molecular formula is C17H27N3. The predicted molar refractivity (Wildman–Crippen MR) is 84.9 cm³/mol. The standard InChI is InChI=1S/C17H27N3/c1-19-11-7-16(8-12-19)20(2)13-17(9-10-17)14-3-5-15(18)6-4-14/h3-6,16H,7-13,18H2,1-2H3. The first-order valence-corrected chi connectivity index (χ1v) is 7.84. The molecule has 3 heteroatoms.